The number of aromatic nitrogens is 4. The maximum Gasteiger partial charge on any atom is 0.243 e. The molecule has 0 unspecified atom stereocenters. The molecule has 1 aliphatic carbocycles. The van der Waals surface area contributed by atoms with Crippen LogP contribution in [0.25, 0.3) is 11.2 Å². The molecule has 3 rings (SSSR count). The second-order valence-electron chi connectivity index (χ2n) is 22.0. The molecular weight excluding hydrogens is 1210 g/mol. The van der Waals surface area contributed by atoms with E-state index in [-0.39, 0.29) is 177 Å². The van der Waals surface area contributed by atoms with Gasteiger partial charge in [-0.05, 0) is 103 Å². The molecule has 1 aliphatic rings. The highest BCUT2D eigenvalue weighted by atomic mass is 16.3. The lowest BCUT2D eigenvalue weighted by Crippen LogP contribution is -2.59. The number of nitrogens with two attached hydrogens (primary N) is 14. The van der Waals surface area contributed by atoms with Gasteiger partial charge < -0.3 is 127 Å². The summed E-state index contributed by atoms with van der Waals surface area (Å²) in [5, 5.41) is 29.8. The largest absolute Gasteiger partial charge is 0.391 e. The number of aliphatic hydroxyl groups excluding tert-OH is 1. The second kappa shape index (κ2) is 41.1. The summed E-state index contributed by atoms with van der Waals surface area (Å²) >= 11 is 0. The van der Waals surface area contributed by atoms with Crippen LogP contribution in [0.3, 0.4) is 0 Å². The molecule has 8 amide bonds. The molecule has 0 bridgehead atoms. The normalized spacial score (nSPS) is 16.0. The number of fused-ring (bicyclic) bond motifs is 1. The Hall–Kier alpha value is -10.3. The molecule has 9 atom stereocenters. The van der Waals surface area contributed by atoms with Gasteiger partial charge in [0.1, 0.15) is 48.1 Å². The predicted molar refractivity (Wildman–Crippen MR) is 349 cm³/mol. The zero-order valence-corrected chi connectivity index (χ0v) is 52.3. The highest BCUT2D eigenvalue weighted by Gasteiger charge is 2.39. The number of amides is 8. The van der Waals surface area contributed by atoms with E-state index in [4.69, 9.17) is 80.3 Å². The summed E-state index contributed by atoms with van der Waals surface area (Å²) in [4.78, 5) is 147. The monoisotopic (exact) mass is 1310 g/mol. The van der Waals surface area contributed by atoms with Crippen molar-refractivity contribution in [3.8, 4) is 0 Å². The summed E-state index contributed by atoms with van der Waals surface area (Å²) in [5.41, 5.74) is 78.8. The number of nitrogen functional groups attached to an aromatic ring is 1. The molecule has 2 heterocycles. The minimum Gasteiger partial charge on any atom is -0.391 e. The van der Waals surface area contributed by atoms with Crippen LogP contribution in [0.1, 0.15) is 122 Å². The molecule has 36 N–H and O–H groups in total. The molecular formula is C53H97N31O9. The maximum atomic E-state index is 14.6. The fourth-order valence-corrected chi connectivity index (χ4v) is 9.84. The van der Waals surface area contributed by atoms with Crippen LogP contribution < -0.4 is 117 Å². The lowest BCUT2D eigenvalue weighted by molar-refractivity contribution is -0.135. The van der Waals surface area contributed by atoms with Crippen LogP contribution in [0.15, 0.2) is 42.6 Å². The average Bonchev–Trinajstić information content (AvgIpc) is 1.66. The number of imidazole rings is 1. The summed E-state index contributed by atoms with van der Waals surface area (Å²) in [6.07, 6.45) is 4.38. The van der Waals surface area contributed by atoms with Crippen LogP contribution >= 0.6 is 0 Å². The zero-order chi connectivity index (χ0) is 69.0. The van der Waals surface area contributed by atoms with Gasteiger partial charge in [0.25, 0.3) is 0 Å². The van der Waals surface area contributed by atoms with Crippen LogP contribution in [0, 0.1) is 5.92 Å². The van der Waals surface area contributed by atoms with Crippen molar-refractivity contribution in [2.45, 2.75) is 164 Å². The predicted octanol–water partition coefficient (Wildman–Crippen LogP) is -8.89. The molecule has 518 valence electrons. The lowest BCUT2D eigenvalue weighted by Gasteiger charge is -2.27. The molecule has 93 heavy (non-hydrogen) atoms. The van der Waals surface area contributed by atoms with Crippen molar-refractivity contribution in [2.24, 2.45) is 110 Å². The smallest absolute Gasteiger partial charge is 0.243 e. The number of hydrogen-bond acceptors (Lipinski definition) is 19. The molecule has 2 aromatic heterocycles. The number of hydrogen-bond donors (Lipinski definition) is 22. The third-order valence-electron chi connectivity index (χ3n) is 14.5. The number of unbranched alkanes of at least 4 members (excludes halogenated alkanes) is 2. The highest BCUT2D eigenvalue weighted by Crippen LogP contribution is 2.37. The number of nitrogens with one attached hydrogen (secondary N) is 7. The van der Waals surface area contributed by atoms with Crippen molar-refractivity contribution < 1.29 is 43.5 Å². The SMILES string of the molecule is NC(=O)[C@H](CCCN=C(N)N)NC(=O)[C@H](CCCN=C(N)N)NC(=O)[C@H](CCCN=C(N)N)NC(=O)[C@H](CCCN=C(N)N)NC(=O)[C@H](CCCN=C(N)N)NC(=O)[C@H](CCCN=C(N)N)NC(=O)CCCCCNC(=O)[C@H]1C[C@H](O)[C@@H](n2cnc3c(N)ncnc32)C1. The second-order valence-corrected chi connectivity index (χ2v) is 22.0. The topological polar surface area (TPSA) is 723 Å². The van der Waals surface area contributed by atoms with Crippen LogP contribution in [0.4, 0.5) is 5.82 Å². The van der Waals surface area contributed by atoms with E-state index in [1.54, 1.807) is 4.57 Å². The first kappa shape index (κ1) is 76.9. The van der Waals surface area contributed by atoms with E-state index in [1.807, 2.05) is 0 Å². The van der Waals surface area contributed by atoms with Crippen LogP contribution in [0.5, 0.6) is 0 Å². The third-order valence-corrected chi connectivity index (χ3v) is 14.5. The van der Waals surface area contributed by atoms with E-state index < -0.39 is 95.7 Å². The molecule has 0 saturated heterocycles. The summed E-state index contributed by atoms with van der Waals surface area (Å²) < 4.78 is 1.70. The Balaban J connectivity index is 1.83. The fourth-order valence-electron chi connectivity index (χ4n) is 9.84. The molecule has 2 aromatic rings. The quantitative estimate of drug-likeness (QED) is 0.0166. The van der Waals surface area contributed by atoms with E-state index in [2.05, 4.69) is 82.1 Å². The minimum atomic E-state index is -1.46. The van der Waals surface area contributed by atoms with Crippen molar-refractivity contribution in [3.63, 3.8) is 0 Å². The number of rotatable bonds is 44. The Bertz CT molecular complexity index is 2950. The van der Waals surface area contributed by atoms with Crippen LogP contribution in [-0.4, -0.2) is 196 Å². The van der Waals surface area contributed by atoms with Gasteiger partial charge in [0.15, 0.2) is 47.2 Å². The number of guanidine groups is 6. The molecule has 0 aliphatic heterocycles. The molecule has 0 aromatic carbocycles. The van der Waals surface area contributed by atoms with Crippen LogP contribution in [-0.2, 0) is 38.4 Å². The van der Waals surface area contributed by atoms with Gasteiger partial charge in [-0.3, -0.25) is 68.3 Å². The number of carbonyl (C=O) groups is 8. The Labute approximate surface area is 537 Å². The van der Waals surface area contributed by atoms with Crippen molar-refractivity contribution in [3.05, 3.63) is 12.7 Å². The van der Waals surface area contributed by atoms with E-state index in [0.717, 1.165) is 0 Å². The number of primary amides is 1. The molecule has 0 radical (unpaired) electrons. The van der Waals surface area contributed by atoms with E-state index in [0.29, 0.717) is 43.4 Å². The lowest BCUT2D eigenvalue weighted by atomic mass is 10.0. The molecule has 0 spiro atoms. The standard InChI is InChI=1S/C53H97N31O9/c54-39-38-41(76-26-75-39)84(27-77-38)35-24-28(25-36(35)85)42(88)68-17-3-1-2-16-37(86)78-30(11-5-19-70-49(58)59)43(89)80-32(13-7-21-72-51(62)63)45(91)82-34(15-9-23-74-53(66)67)47(93)83-33(14-8-22-73-52(64)65)46(92)81-31(12-6-20-71-50(60)61)44(90)79-29(40(55)87)10-4-18-69-48(56)57/h26-36,85H,1-25H2,(H2,55,87)(H,68,88)(H,78,86)(H,79,90)(H,80,89)(H,81,92)(H,82,91)(H,83,93)(H2,54,75,76)(H4,56,57,69)(H4,58,59,70)(H4,60,61,71)(H4,62,63,72)(H4,64,65,73)(H4,66,67,74)/t28-,29+,30+,31+,32+,33+,34+,35+,36+/m1/s1. The van der Waals surface area contributed by atoms with Gasteiger partial charge in [0, 0.05) is 58.2 Å². The maximum absolute atomic E-state index is 14.6. The van der Waals surface area contributed by atoms with Gasteiger partial charge in [0.2, 0.25) is 47.3 Å². The summed E-state index contributed by atoms with van der Waals surface area (Å²) in [6, 6.07) is -8.57. The Kier molecular flexibility index (Phi) is 34.0. The van der Waals surface area contributed by atoms with Gasteiger partial charge in [-0.2, -0.15) is 0 Å². The first-order chi connectivity index (χ1) is 44.2. The van der Waals surface area contributed by atoms with Crippen molar-refractivity contribution >= 4 is 100.0 Å². The fraction of sp³-hybridized carbons (Fsp3) is 0.642. The summed E-state index contributed by atoms with van der Waals surface area (Å²) in [6.45, 7) is 0.530. The van der Waals surface area contributed by atoms with Gasteiger partial charge in [0.05, 0.1) is 18.5 Å². The van der Waals surface area contributed by atoms with Crippen molar-refractivity contribution in [1.29, 1.82) is 0 Å². The number of anilines is 1. The van der Waals surface area contributed by atoms with E-state index in [9.17, 15) is 43.5 Å². The zero-order valence-electron chi connectivity index (χ0n) is 52.3. The van der Waals surface area contributed by atoms with Gasteiger partial charge in [-0.1, -0.05) is 6.42 Å². The van der Waals surface area contributed by atoms with E-state index >= 15 is 0 Å². The first-order valence-electron chi connectivity index (χ1n) is 30.5. The molecule has 40 heteroatoms. The number of nitrogens with zero attached hydrogens (tertiary/aromatic N) is 10. The number of aliphatic hydroxyl groups is 1. The molecule has 1 saturated carbocycles. The molecule has 40 nitrogen and oxygen atoms in total. The molecule has 1 fully saturated rings. The van der Waals surface area contributed by atoms with Crippen molar-refractivity contribution in [1.82, 2.24) is 56.7 Å². The van der Waals surface area contributed by atoms with E-state index in [1.165, 1.54) is 12.7 Å². The summed E-state index contributed by atoms with van der Waals surface area (Å²) in [5.74, 6) is -7.54. The Morgan fingerprint density at radius 2 is 0.817 bits per heavy atom. The van der Waals surface area contributed by atoms with Crippen molar-refractivity contribution in [2.75, 3.05) is 51.5 Å². The van der Waals surface area contributed by atoms with Gasteiger partial charge in [-0.15, -0.1) is 0 Å². The Morgan fingerprint density at radius 1 is 0.462 bits per heavy atom. The summed E-state index contributed by atoms with van der Waals surface area (Å²) in [7, 11) is 0. The van der Waals surface area contributed by atoms with Gasteiger partial charge in [-0.25, -0.2) is 15.0 Å². The number of carbonyl (C=O) groups excluding carboxylic acids is 8. The Morgan fingerprint density at radius 3 is 1.18 bits per heavy atom. The van der Waals surface area contributed by atoms with Gasteiger partial charge >= 0.3 is 0 Å². The third kappa shape index (κ3) is 29.9. The number of aliphatic imine (C=N–C) groups is 6. The highest BCUT2D eigenvalue weighted by molar-refractivity contribution is 5.97. The minimum absolute atomic E-state index is 0.00177. The average molecular weight is 1310 g/mol. The first-order valence-corrected chi connectivity index (χ1v) is 30.5. The van der Waals surface area contributed by atoms with Crippen LogP contribution in [0.2, 0.25) is 0 Å².